The van der Waals surface area contributed by atoms with Crippen LogP contribution in [0.5, 0.6) is 0 Å². The largest absolute Gasteiger partial charge is 0.458 e. The van der Waals surface area contributed by atoms with Crippen LogP contribution < -0.4 is 11.3 Å². The molecular weight excluding hydrogens is 406 g/mol. The lowest BCUT2D eigenvalue weighted by atomic mass is 9.71. The summed E-state index contributed by atoms with van der Waals surface area (Å²) >= 11 is 0. The predicted octanol–water partition coefficient (Wildman–Crippen LogP) is 2.89. The van der Waals surface area contributed by atoms with E-state index >= 15 is 0 Å². The number of benzene rings is 1. The highest BCUT2D eigenvalue weighted by Crippen LogP contribution is 2.47. The van der Waals surface area contributed by atoms with Gasteiger partial charge in [0.2, 0.25) is 0 Å². The third-order valence-corrected chi connectivity index (χ3v) is 7.68. The number of pyridine rings is 2. The smallest absolute Gasteiger partial charge is 0.343 e. The van der Waals surface area contributed by atoms with Crippen molar-refractivity contribution in [2.45, 2.75) is 64.2 Å². The third kappa shape index (κ3) is 2.21. The molecule has 3 N–H and O–H groups in total. The maximum absolute atomic E-state index is 13.4. The number of fused-ring (bicyclic) bond motifs is 5. The van der Waals surface area contributed by atoms with Crippen LogP contribution >= 0.6 is 0 Å². The molecule has 0 unspecified atom stereocenters. The van der Waals surface area contributed by atoms with E-state index in [0.29, 0.717) is 23.4 Å². The summed E-state index contributed by atoms with van der Waals surface area (Å²) in [7, 11) is 0. The minimum absolute atomic E-state index is 0.0524. The van der Waals surface area contributed by atoms with E-state index in [4.69, 9.17) is 15.5 Å². The van der Waals surface area contributed by atoms with Crippen molar-refractivity contribution in [1.82, 2.24) is 9.55 Å². The summed E-state index contributed by atoms with van der Waals surface area (Å²) in [4.78, 5) is 30.8. The summed E-state index contributed by atoms with van der Waals surface area (Å²) in [6, 6.07) is 5.62. The van der Waals surface area contributed by atoms with Crippen LogP contribution in [0.3, 0.4) is 0 Å². The fourth-order valence-corrected chi connectivity index (χ4v) is 5.85. The van der Waals surface area contributed by atoms with E-state index < -0.39 is 11.6 Å². The summed E-state index contributed by atoms with van der Waals surface area (Å²) < 4.78 is 6.86. The van der Waals surface area contributed by atoms with E-state index in [2.05, 4.69) is 13.8 Å². The number of esters is 1. The van der Waals surface area contributed by atoms with Gasteiger partial charge in [0, 0.05) is 22.2 Å². The van der Waals surface area contributed by atoms with Crippen LogP contribution in [-0.2, 0) is 40.1 Å². The Morgan fingerprint density at radius 2 is 2.00 bits per heavy atom. The Kier molecular flexibility index (Phi) is 3.64. The SMILES string of the molecule is CC[C@@]1(O)C(=O)OCc2c1cc1n(c2=O)Cc2c-1nc1ccc(N)c3c1c2CCC3(C)C. The molecule has 0 fully saturated rings. The lowest BCUT2D eigenvalue weighted by Gasteiger charge is -2.34. The minimum Gasteiger partial charge on any atom is -0.458 e. The number of carbonyl (C=O) groups excluding carboxylic acids is 1. The molecular formula is C25H25N3O4. The molecule has 0 amide bonds. The molecule has 0 bridgehead atoms. The predicted molar refractivity (Wildman–Crippen MR) is 120 cm³/mol. The molecule has 7 nitrogen and oxygen atoms in total. The number of carbonyl (C=O) groups is 1. The van der Waals surface area contributed by atoms with Crippen molar-refractivity contribution >= 4 is 22.6 Å². The maximum Gasteiger partial charge on any atom is 0.343 e. The number of aromatic nitrogens is 2. The molecule has 7 heteroatoms. The minimum atomic E-state index is -1.82. The van der Waals surface area contributed by atoms with Crippen molar-refractivity contribution < 1.29 is 14.6 Å². The number of nitrogens with two attached hydrogens (primary N) is 1. The molecule has 0 saturated carbocycles. The van der Waals surface area contributed by atoms with Gasteiger partial charge in [-0.3, -0.25) is 4.79 Å². The van der Waals surface area contributed by atoms with Crippen LogP contribution in [0, 0.1) is 0 Å². The summed E-state index contributed by atoms with van der Waals surface area (Å²) in [5, 5.41) is 12.2. The van der Waals surface area contributed by atoms with Gasteiger partial charge in [-0.2, -0.15) is 0 Å². The average Bonchev–Trinajstić information content (AvgIpc) is 3.13. The number of cyclic esters (lactones) is 1. The topological polar surface area (TPSA) is 107 Å². The molecule has 3 aliphatic rings. The van der Waals surface area contributed by atoms with Gasteiger partial charge in [0.15, 0.2) is 5.60 Å². The van der Waals surface area contributed by atoms with Gasteiger partial charge in [-0.25, -0.2) is 9.78 Å². The van der Waals surface area contributed by atoms with Crippen LogP contribution in [0.1, 0.15) is 61.4 Å². The molecule has 0 spiro atoms. The molecule has 32 heavy (non-hydrogen) atoms. The van der Waals surface area contributed by atoms with Gasteiger partial charge in [0.05, 0.1) is 29.0 Å². The van der Waals surface area contributed by atoms with Crippen molar-refractivity contribution in [2.24, 2.45) is 0 Å². The fraction of sp³-hybridized carbons (Fsp3) is 0.400. The zero-order valence-electron chi connectivity index (χ0n) is 18.4. The van der Waals surface area contributed by atoms with E-state index in [0.717, 1.165) is 46.3 Å². The Morgan fingerprint density at radius 1 is 1.22 bits per heavy atom. The van der Waals surface area contributed by atoms with E-state index in [-0.39, 0.29) is 24.0 Å². The molecule has 1 atom stereocenters. The monoisotopic (exact) mass is 431 g/mol. The summed E-state index contributed by atoms with van der Waals surface area (Å²) in [5.74, 6) is -0.709. The number of rotatable bonds is 1. The number of aryl methyl sites for hydroxylation is 1. The van der Waals surface area contributed by atoms with E-state index in [9.17, 15) is 14.7 Å². The third-order valence-electron chi connectivity index (χ3n) is 7.68. The van der Waals surface area contributed by atoms with Gasteiger partial charge in [-0.05, 0) is 54.0 Å². The van der Waals surface area contributed by atoms with Crippen LogP contribution in [0.2, 0.25) is 0 Å². The fourth-order valence-electron chi connectivity index (χ4n) is 5.85. The lowest BCUT2D eigenvalue weighted by molar-refractivity contribution is -0.172. The first-order chi connectivity index (χ1) is 15.2. The summed E-state index contributed by atoms with van der Waals surface area (Å²) in [5.41, 5.74) is 11.4. The normalized spacial score (nSPS) is 22.3. The van der Waals surface area contributed by atoms with Gasteiger partial charge in [-0.15, -0.1) is 0 Å². The standard InChI is InChI=1S/C25H25N3O4/c1-4-25(31)15-9-18-21-13(10-28(18)22(29)14(15)11-32-23(25)30)12-7-8-24(2,3)20-16(26)5-6-17(27-21)19(12)20/h5-6,9,31H,4,7-8,10-11,26H2,1-3H3/t25-/m0/s1. The van der Waals surface area contributed by atoms with E-state index in [1.165, 1.54) is 5.56 Å². The number of nitrogens with zero attached hydrogens (tertiary/aromatic N) is 2. The van der Waals surface area contributed by atoms with Gasteiger partial charge in [0.25, 0.3) is 5.56 Å². The average molecular weight is 431 g/mol. The highest BCUT2D eigenvalue weighted by Gasteiger charge is 2.45. The molecule has 2 aromatic heterocycles. The van der Waals surface area contributed by atoms with Crippen molar-refractivity contribution in [3.63, 3.8) is 0 Å². The molecule has 2 aliphatic heterocycles. The molecule has 0 saturated heterocycles. The Labute approximate surface area is 184 Å². The molecule has 3 aromatic rings. The molecule has 6 rings (SSSR count). The van der Waals surface area contributed by atoms with E-state index in [1.54, 1.807) is 17.6 Å². The molecule has 4 heterocycles. The van der Waals surface area contributed by atoms with Gasteiger partial charge >= 0.3 is 5.97 Å². The van der Waals surface area contributed by atoms with Crippen molar-refractivity contribution in [1.29, 1.82) is 0 Å². The first kappa shape index (κ1) is 19.5. The van der Waals surface area contributed by atoms with Crippen LogP contribution in [-0.4, -0.2) is 20.6 Å². The zero-order chi connectivity index (χ0) is 22.6. The Bertz CT molecular complexity index is 1440. The molecule has 1 aromatic carbocycles. The summed E-state index contributed by atoms with van der Waals surface area (Å²) in [6.45, 7) is 6.43. The maximum atomic E-state index is 13.4. The van der Waals surface area contributed by atoms with Crippen LogP contribution in [0.4, 0.5) is 5.69 Å². The molecule has 0 radical (unpaired) electrons. The van der Waals surface area contributed by atoms with Gasteiger partial charge < -0.3 is 20.1 Å². The first-order valence-corrected chi connectivity index (χ1v) is 11.1. The van der Waals surface area contributed by atoms with Crippen molar-refractivity contribution in [3.8, 4) is 11.4 Å². The van der Waals surface area contributed by atoms with Crippen molar-refractivity contribution in [2.75, 3.05) is 5.73 Å². The van der Waals surface area contributed by atoms with Crippen LogP contribution in [0.25, 0.3) is 22.3 Å². The highest BCUT2D eigenvalue weighted by molar-refractivity contribution is 5.95. The Balaban J connectivity index is 1.68. The second kappa shape index (κ2) is 5.98. The van der Waals surface area contributed by atoms with Crippen LogP contribution in [0.15, 0.2) is 23.0 Å². The number of nitrogen functional groups attached to an aromatic ring is 1. The number of aliphatic hydroxyl groups is 1. The van der Waals surface area contributed by atoms with Gasteiger partial charge in [-0.1, -0.05) is 20.8 Å². The number of ether oxygens (including phenoxy) is 1. The molecule has 164 valence electrons. The second-order valence-corrected chi connectivity index (χ2v) is 9.83. The number of anilines is 1. The first-order valence-electron chi connectivity index (χ1n) is 11.1. The Morgan fingerprint density at radius 3 is 2.75 bits per heavy atom. The van der Waals surface area contributed by atoms with Gasteiger partial charge in [0.1, 0.15) is 6.61 Å². The molecule has 1 aliphatic carbocycles. The zero-order valence-corrected chi connectivity index (χ0v) is 18.4. The van der Waals surface area contributed by atoms with E-state index in [1.807, 2.05) is 12.1 Å². The number of hydrogen-bond acceptors (Lipinski definition) is 6. The lowest BCUT2D eigenvalue weighted by Crippen LogP contribution is -2.44. The Hall–Kier alpha value is -3.19. The summed E-state index contributed by atoms with van der Waals surface area (Å²) in [6.07, 6.45) is 1.97. The quantitative estimate of drug-likeness (QED) is 0.354. The number of hydrogen-bond donors (Lipinski definition) is 2. The highest BCUT2D eigenvalue weighted by atomic mass is 16.6. The van der Waals surface area contributed by atoms with Crippen molar-refractivity contribution in [3.05, 3.63) is 56.4 Å². The second-order valence-electron chi connectivity index (χ2n) is 9.83.